The summed E-state index contributed by atoms with van der Waals surface area (Å²) in [6.07, 6.45) is 4.40. The van der Waals surface area contributed by atoms with E-state index in [9.17, 15) is 0 Å². The Kier molecular flexibility index (Phi) is 10.6. The number of ether oxygens (including phenoxy) is 2. The molecular formula is C38H38N4O2S2. The van der Waals surface area contributed by atoms with Crippen LogP contribution in [-0.2, 0) is 13.1 Å². The molecule has 0 saturated carbocycles. The molecule has 0 aliphatic rings. The molecule has 2 aromatic heterocycles. The first kappa shape index (κ1) is 31.3. The molecule has 0 unspecified atom stereocenters. The topological polar surface area (TPSA) is 53.0 Å². The lowest BCUT2D eigenvalue weighted by molar-refractivity contribution is 0.414. The molecule has 0 aliphatic carbocycles. The Bertz CT molecular complexity index is 1810. The summed E-state index contributed by atoms with van der Waals surface area (Å²) in [7, 11) is 3.40. The van der Waals surface area contributed by atoms with Crippen molar-refractivity contribution in [2.45, 2.75) is 38.8 Å². The summed E-state index contributed by atoms with van der Waals surface area (Å²) >= 11 is 3.38. The number of nitrogens with zero attached hydrogens (tertiary/aromatic N) is 4. The van der Waals surface area contributed by atoms with E-state index in [4.69, 9.17) is 19.5 Å². The van der Waals surface area contributed by atoms with Crippen molar-refractivity contribution in [3.05, 3.63) is 130 Å². The molecule has 0 amide bonds. The Morgan fingerprint density at radius 3 is 1.26 bits per heavy atom. The van der Waals surface area contributed by atoms with Crippen LogP contribution >= 0.6 is 22.7 Å². The summed E-state index contributed by atoms with van der Waals surface area (Å²) in [5, 5.41) is 4.44. The normalized spacial score (nSPS) is 12.0. The number of benzene rings is 4. The number of methoxy groups -OCH3 is 2. The first-order valence-corrected chi connectivity index (χ1v) is 17.3. The Balaban J connectivity index is 1.17. The van der Waals surface area contributed by atoms with Crippen LogP contribution in [0.15, 0.2) is 130 Å². The van der Waals surface area contributed by atoms with E-state index in [-0.39, 0.29) is 0 Å². The van der Waals surface area contributed by atoms with Crippen molar-refractivity contribution in [3.8, 4) is 34.0 Å². The molecule has 6 rings (SSSR count). The largest absolute Gasteiger partial charge is 0.497 e. The number of rotatable bonds is 13. The van der Waals surface area contributed by atoms with E-state index < -0.39 is 0 Å². The lowest BCUT2D eigenvalue weighted by atomic mass is 10.1. The van der Waals surface area contributed by atoms with E-state index in [0.29, 0.717) is 0 Å². The van der Waals surface area contributed by atoms with Gasteiger partial charge in [-0.05, 0) is 96.8 Å². The van der Waals surface area contributed by atoms with Gasteiger partial charge in [-0.25, -0.2) is 9.98 Å². The molecule has 46 heavy (non-hydrogen) atoms. The Hall–Kier alpha value is -4.66. The number of thiazole rings is 2. The molecule has 0 N–H and O–H groups in total. The zero-order valence-electron chi connectivity index (χ0n) is 26.2. The third-order valence-electron chi connectivity index (χ3n) is 7.84. The van der Waals surface area contributed by atoms with Gasteiger partial charge in [-0.3, -0.25) is 0 Å². The lowest BCUT2D eigenvalue weighted by Gasteiger charge is -2.11. The van der Waals surface area contributed by atoms with Crippen LogP contribution in [0.1, 0.15) is 25.7 Å². The minimum absolute atomic E-state index is 0.859. The number of aromatic nitrogens is 2. The van der Waals surface area contributed by atoms with E-state index in [2.05, 4.69) is 68.4 Å². The standard InChI is InChI=1S/C38H38N4O2S2/c1-43-33-21-17-29(18-22-33)35-27-45-37(39-31-13-7-5-8-14-31)41(35)25-11-3-4-12-26-42-36(30-19-23-34(44-2)24-20-30)28-46-38(42)40-32-15-9-6-10-16-32/h5-10,13-24,27-28H,3-4,11-12,25-26H2,1-2H3. The summed E-state index contributed by atoms with van der Waals surface area (Å²) in [6.45, 7) is 1.82. The maximum Gasteiger partial charge on any atom is 0.190 e. The molecule has 0 atom stereocenters. The third-order valence-corrected chi connectivity index (χ3v) is 9.57. The molecule has 0 fully saturated rings. The van der Waals surface area contributed by atoms with E-state index in [1.165, 1.54) is 22.5 Å². The van der Waals surface area contributed by atoms with Crippen molar-refractivity contribution in [1.29, 1.82) is 0 Å². The Labute approximate surface area is 278 Å². The SMILES string of the molecule is COc1ccc(-c2csc(=Nc3ccccc3)n2CCCCCCn2c(-c3ccc(OC)cc3)csc2=Nc2ccccc2)cc1. The summed E-state index contributed by atoms with van der Waals surface area (Å²) in [4.78, 5) is 12.0. The molecule has 8 heteroatoms. The van der Waals surface area contributed by atoms with Crippen molar-refractivity contribution < 1.29 is 9.47 Å². The first-order valence-electron chi connectivity index (χ1n) is 15.6. The first-order chi connectivity index (χ1) is 22.7. The van der Waals surface area contributed by atoms with Gasteiger partial charge in [0.05, 0.1) is 37.0 Å². The second-order valence-electron chi connectivity index (χ2n) is 10.9. The number of unbranched alkanes of at least 4 members (excludes halogenated alkanes) is 3. The van der Waals surface area contributed by atoms with Gasteiger partial charge in [0.15, 0.2) is 9.60 Å². The van der Waals surface area contributed by atoms with E-state index in [1.807, 2.05) is 60.7 Å². The molecule has 6 nitrogen and oxygen atoms in total. The summed E-state index contributed by atoms with van der Waals surface area (Å²) < 4.78 is 15.5. The average molecular weight is 647 g/mol. The predicted molar refractivity (Wildman–Crippen MR) is 190 cm³/mol. The predicted octanol–water partition coefficient (Wildman–Crippen LogP) is 9.49. The molecule has 0 aliphatic heterocycles. The minimum Gasteiger partial charge on any atom is -0.497 e. The number of para-hydroxylation sites is 2. The van der Waals surface area contributed by atoms with Crippen molar-refractivity contribution in [2.24, 2.45) is 9.98 Å². The van der Waals surface area contributed by atoms with Gasteiger partial charge in [0.1, 0.15) is 11.5 Å². The summed E-state index contributed by atoms with van der Waals surface area (Å²) in [5.41, 5.74) is 6.65. The fraction of sp³-hybridized carbons (Fsp3) is 0.211. The summed E-state index contributed by atoms with van der Waals surface area (Å²) in [6, 6.07) is 37.0. The highest BCUT2D eigenvalue weighted by molar-refractivity contribution is 7.07. The van der Waals surface area contributed by atoms with Gasteiger partial charge in [0, 0.05) is 23.8 Å². The quantitative estimate of drug-likeness (QED) is 0.117. The average Bonchev–Trinajstić information content (AvgIpc) is 3.70. The van der Waals surface area contributed by atoms with Gasteiger partial charge in [-0.1, -0.05) is 49.2 Å². The molecule has 0 bridgehead atoms. The molecule has 2 heterocycles. The highest BCUT2D eigenvalue weighted by atomic mass is 32.1. The highest BCUT2D eigenvalue weighted by Gasteiger charge is 2.11. The molecule has 234 valence electrons. The van der Waals surface area contributed by atoms with Crippen LogP contribution < -0.4 is 19.1 Å². The van der Waals surface area contributed by atoms with Crippen LogP contribution in [0.25, 0.3) is 22.5 Å². The van der Waals surface area contributed by atoms with Crippen molar-refractivity contribution in [3.63, 3.8) is 0 Å². The van der Waals surface area contributed by atoms with E-state index >= 15 is 0 Å². The highest BCUT2D eigenvalue weighted by Crippen LogP contribution is 2.26. The second-order valence-corrected chi connectivity index (χ2v) is 12.5. The maximum atomic E-state index is 5.39. The van der Waals surface area contributed by atoms with Gasteiger partial charge >= 0.3 is 0 Å². The molecule has 6 aromatic rings. The van der Waals surface area contributed by atoms with Crippen molar-refractivity contribution in [2.75, 3.05) is 14.2 Å². The number of hydrogen-bond donors (Lipinski definition) is 0. The minimum atomic E-state index is 0.859. The van der Waals surface area contributed by atoms with Gasteiger partial charge in [-0.15, -0.1) is 22.7 Å². The van der Waals surface area contributed by atoms with Crippen LogP contribution in [0.4, 0.5) is 11.4 Å². The molecule has 4 aromatic carbocycles. The molecule has 0 radical (unpaired) electrons. The second kappa shape index (κ2) is 15.6. The van der Waals surface area contributed by atoms with E-state index in [0.717, 1.165) is 71.2 Å². The Morgan fingerprint density at radius 1 is 0.500 bits per heavy atom. The van der Waals surface area contributed by atoms with Gasteiger partial charge in [0.2, 0.25) is 0 Å². The fourth-order valence-corrected chi connectivity index (χ4v) is 7.28. The summed E-state index contributed by atoms with van der Waals surface area (Å²) in [5.74, 6) is 1.72. The maximum absolute atomic E-state index is 5.39. The van der Waals surface area contributed by atoms with Crippen LogP contribution in [0, 0.1) is 0 Å². The fourth-order valence-electron chi connectivity index (χ4n) is 5.37. The van der Waals surface area contributed by atoms with Crippen molar-refractivity contribution >= 4 is 34.0 Å². The van der Waals surface area contributed by atoms with Crippen molar-refractivity contribution in [1.82, 2.24) is 9.13 Å². The van der Waals surface area contributed by atoms with Gasteiger partial charge in [-0.2, -0.15) is 0 Å². The Morgan fingerprint density at radius 2 is 0.891 bits per heavy atom. The molecular weight excluding hydrogens is 609 g/mol. The zero-order valence-corrected chi connectivity index (χ0v) is 27.8. The van der Waals surface area contributed by atoms with E-state index in [1.54, 1.807) is 36.9 Å². The third kappa shape index (κ3) is 7.76. The lowest BCUT2D eigenvalue weighted by Crippen LogP contribution is -2.17. The number of hydrogen-bond acceptors (Lipinski definition) is 6. The van der Waals surface area contributed by atoms with Crippen LogP contribution in [0.2, 0.25) is 0 Å². The van der Waals surface area contributed by atoms with Crippen LogP contribution in [0.5, 0.6) is 11.5 Å². The monoisotopic (exact) mass is 646 g/mol. The molecule has 0 saturated heterocycles. The van der Waals surface area contributed by atoms with Gasteiger partial charge in [0.25, 0.3) is 0 Å². The zero-order chi connectivity index (χ0) is 31.6. The van der Waals surface area contributed by atoms with Crippen LogP contribution in [0.3, 0.4) is 0 Å². The molecule has 0 spiro atoms. The van der Waals surface area contributed by atoms with Crippen LogP contribution in [-0.4, -0.2) is 23.4 Å². The van der Waals surface area contributed by atoms with Gasteiger partial charge < -0.3 is 18.6 Å². The smallest absolute Gasteiger partial charge is 0.190 e.